The minimum atomic E-state index is -3.93. The molecule has 29 heavy (non-hydrogen) atoms. The van der Waals surface area contributed by atoms with Gasteiger partial charge >= 0.3 is 0 Å². The van der Waals surface area contributed by atoms with Crippen molar-refractivity contribution in [3.05, 3.63) is 54.6 Å². The Hall–Kier alpha value is -2.45. The summed E-state index contributed by atoms with van der Waals surface area (Å²) in [6.07, 6.45) is 6.99. The Labute approximate surface area is 169 Å². The van der Waals surface area contributed by atoms with Crippen LogP contribution in [0.1, 0.15) is 19.3 Å². The van der Waals surface area contributed by atoms with E-state index in [1.807, 2.05) is 0 Å². The molecule has 0 N–H and O–H groups in total. The van der Waals surface area contributed by atoms with Crippen molar-refractivity contribution in [2.45, 2.75) is 30.2 Å². The van der Waals surface area contributed by atoms with Gasteiger partial charge in [0.05, 0.1) is 16.1 Å². The van der Waals surface area contributed by atoms with Crippen LogP contribution < -0.4 is 4.90 Å². The summed E-state index contributed by atoms with van der Waals surface area (Å²) in [5.74, 6) is -0.575. The number of anilines is 1. The molecule has 0 amide bonds. The maximum atomic E-state index is 13.7. The molecule has 0 radical (unpaired) electrons. The van der Waals surface area contributed by atoms with Crippen molar-refractivity contribution in [1.82, 2.24) is 13.9 Å². The van der Waals surface area contributed by atoms with Gasteiger partial charge in [-0.15, -0.1) is 0 Å². The first-order valence-electron chi connectivity index (χ1n) is 10.0. The molecule has 0 saturated carbocycles. The predicted molar refractivity (Wildman–Crippen MR) is 110 cm³/mol. The van der Waals surface area contributed by atoms with Gasteiger partial charge in [0.2, 0.25) is 0 Å². The quantitative estimate of drug-likeness (QED) is 0.659. The molecule has 0 aliphatic carbocycles. The van der Waals surface area contributed by atoms with E-state index in [0.717, 1.165) is 37.9 Å². The fourth-order valence-corrected chi connectivity index (χ4v) is 5.94. The molecule has 4 heterocycles. The van der Waals surface area contributed by atoms with Crippen LogP contribution in [0.3, 0.4) is 0 Å². The highest BCUT2D eigenvalue weighted by Gasteiger charge is 2.31. The number of hydrogen-bond acceptors (Lipinski definition) is 5. The molecular formula is C21H23FN4O2S. The average Bonchev–Trinajstić information content (AvgIpc) is 3.14. The molecule has 2 fully saturated rings. The second-order valence-electron chi connectivity index (χ2n) is 7.78. The zero-order chi connectivity index (χ0) is 20.0. The lowest BCUT2D eigenvalue weighted by molar-refractivity contribution is 0.133. The molecular weight excluding hydrogens is 391 g/mol. The maximum Gasteiger partial charge on any atom is 0.268 e. The van der Waals surface area contributed by atoms with E-state index in [0.29, 0.717) is 17.1 Å². The number of benzene rings is 1. The van der Waals surface area contributed by atoms with E-state index in [-0.39, 0.29) is 4.90 Å². The second-order valence-corrected chi connectivity index (χ2v) is 9.59. The van der Waals surface area contributed by atoms with Crippen LogP contribution in [0, 0.1) is 5.82 Å². The Morgan fingerprint density at radius 3 is 2.83 bits per heavy atom. The standard InChI is InChI=1S/C21H23FN4O2S/c22-16-5-3-7-18(13-16)29(27,28)26-15-20(21-19(26)8-4-9-23-21)25-12-11-24-10-2-1-6-17(24)14-25/h3-5,7-9,13,15,17H,1-2,6,10-12,14H2. The van der Waals surface area contributed by atoms with Crippen molar-refractivity contribution >= 4 is 26.7 Å². The number of nitrogens with zero attached hydrogens (tertiary/aromatic N) is 4. The SMILES string of the molecule is O=S(=O)(c1cccc(F)c1)n1cc(N2CCN3CCCCC3C2)c2ncccc21. The van der Waals surface area contributed by atoms with Crippen molar-refractivity contribution in [3.8, 4) is 0 Å². The number of rotatable bonds is 3. The van der Waals surface area contributed by atoms with Crippen molar-refractivity contribution in [1.29, 1.82) is 0 Å². The Balaban J connectivity index is 1.58. The van der Waals surface area contributed by atoms with E-state index in [4.69, 9.17) is 0 Å². The van der Waals surface area contributed by atoms with Crippen molar-refractivity contribution < 1.29 is 12.8 Å². The number of halogens is 1. The van der Waals surface area contributed by atoms with E-state index < -0.39 is 15.8 Å². The third-order valence-corrected chi connectivity index (χ3v) is 7.71. The highest BCUT2D eigenvalue weighted by molar-refractivity contribution is 7.90. The smallest absolute Gasteiger partial charge is 0.268 e. The largest absolute Gasteiger partial charge is 0.366 e. The summed E-state index contributed by atoms with van der Waals surface area (Å²) in [4.78, 5) is 9.21. The fraction of sp³-hybridized carbons (Fsp3) is 0.381. The maximum absolute atomic E-state index is 13.7. The van der Waals surface area contributed by atoms with E-state index in [1.54, 1.807) is 24.5 Å². The molecule has 1 atom stereocenters. The molecule has 2 aliphatic rings. The molecule has 1 aromatic carbocycles. The zero-order valence-electron chi connectivity index (χ0n) is 16.0. The lowest BCUT2D eigenvalue weighted by Crippen LogP contribution is -2.54. The van der Waals surface area contributed by atoms with Gasteiger partial charge < -0.3 is 4.90 Å². The van der Waals surface area contributed by atoms with Crippen LogP contribution in [0.15, 0.2) is 53.7 Å². The molecule has 6 nitrogen and oxygen atoms in total. The van der Waals surface area contributed by atoms with Gasteiger partial charge in [0.15, 0.2) is 0 Å². The van der Waals surface area contributed by atoms with E-state index in [2.05, 4.69) is 14.8 Å². The Bertz CT molecular complexity index is 1160. The summed E-state index contributed by atoms with van der Waals surface area (Å²) in [6, 6.07) is 9.10. The average molecular weight is 415 g/mol. The lowest BCUT2D eigenvalue weighted by Gasteiger charge is -2.44. The number of piperazine rings is 1. The van der Waals surface area contributed by atoms with Gasteiger partial charge in [-0.3, -0.25) is 9.88 Å². The number of aromatic nitrogens is 2. The van der Waals surface area contributed by atoms with E-state index in [9.17, 15) is 12.8 Å². The molecule has 152 valence electrons. The van der Waals surface area contributed by atoms with E-state index >= 15 is 0 Å². The summed E-state index contributed by atoms with van der Waals surface area (Å²) in [5.41, 5.74) is 2.00. The first-order chi connectivity index (χ1) is 14.0. The summed E-state index contributed by atoms with van der Waals surface area (Å²) in [5, 5.41) is 0. The molecule has 3 aromatic rings. The van der Waals surface area contributed by atoms with Gasteiger partial charge in [0.25, 0.3) is 10.0 Å². The van der Waals surface area contributed by atoms with Crippen LogP contribution in [-0.4, -0.2) is 54.5 Å². The van der Waals surface area contributed by atoms with Crippen LogP contribution in [-0.2, 0) is 10.0 Å². The Morgan fingerprint density at radius 1 is 1.07 bits per heavy atom. The van der Waals surface area contributed by atoms with Gasteiger partial charge in [0, 0.05) is 38.1 Å². The van der Waals surface area contributed by atoms with Crippen LogP contribution in [0.25, 0.3) is 11.0 Å². The van der Waals surface area contributed by atoms with Gasteiger partial charge in [0.1, 0.15) is 11.3 Å². The molecule has 5 rings (SSSR count). The fourth-order valence-electron chi connectivity index (χ4n) is 4.56. The van der Waals surface area contributed by atoms with Crippen LogP contribution in [0.5, 0.6) is 0 Å². The summed E-state index contributed by atoms with van der Waals surface area (Å²) in [6.45, 7) is 3.83. The van der Waals surface area contributed by atoms with Gasteiger partial charge in [-0.1, -0.05) is 12.5 Å². The number of pyridine rings is 1. The minimum absolute atomic E-state index is 0.0677. The molecule has 2 aromatic heterocycles. The van der Waals surface area contributed by atoms with Crippen LogP contribution >= 0.6 is 0 Å². The molecule has 2 saturated heterocycles. The predicted octanol–water partition coefficient (Wildman–Crippen LogP) is 3.09. The molecule has 0 spiro atoms. The Morgan fingerprint density at radius 2 is 1.97 bits per heavy atom. The van der Waals surface area contributed by atoms with Gasteiger partial charge in [-0.25, -0.2) is 16.8 Å². The Kier molecular flexibility index (Phi) is 4.55. The molecule has 8 heteroatoms. The number of piperidine rings is 1. The van der Waals surface area contributed by atoms with Crippen molar-refractivity contribution in [2.24, 2.45) is 0 Å². The molecule has 2 aliphatic heterocycles. The van der Waals surface area contributed by atoms with Gasteiger partial charge in [-0.05, 0) is 49.7 Å². The summed E-state index contributed by atoms with van der Waals surface area (Å²) >= 11 is 0. The molecule has 0 bridgehead atoms. The third kappa shape index (κ3) is 3.20. The van der Waals surface area contributed by atoms with Crippen molar-refractivity contribution in [2.75, 3.05) is 31.1 Å². The lowest BCUT2D eigenvalue weighted by atomic mass is 9.99. The topological polar surface area (TPSA) is 58.4 Å². The third-order valence-electron chi connectivity index (χ3n) is 6.04. The van der Waals surface area contributed by atoms with Crippen molar-refractivity contribution in [3.63, 3.8) is 0 Å². The highest BCUT2D eigenvalue weighted by atomic mass is 32.2. The second kappa shape index (κ2) is 7.11. The van der Waals surface area contributed by atoms with E-state index in [1.165, 1.54) is 41.4 Å². The van der Waals surface area contributed by atoms with Crippen LogP contribution in [0.2, 0.25) is 0 Å². The van der Waals surface area contributed by atoms with Gasteiger partial charge in [-0.2, -0.15) is 0 Å². The van der Waals surface area contributed by atoms with Crippen LogP contribution in [0.4, 0.5) is 10.1 Å². The summed E-state index contributed by atoms with van der Waals surface area (Å²) in [7, 11) is -3.93. The first kappa shape index (κ1) is 18.6. The number of hydrogen-bond donors (Lipinski definition) is 0. The summed E-state index contributed by atoms with van der Waals surface area (Å²) < 4.78 is 41.5. The zero-order valence-corrected chi connectivity index (χ0v) is 16.9. The molecule has 1 unspecified atom stereocenters. The normalized spacial score (nSPS) is 20.7. The highest BCUT2D eigenvalue weighted by Crippen LogP contribution is 2.33. The minimum Gasteiger partial charge on any atom is -0.366 e. The monoisotopic (exact) mass is 414 g/mol. The number of fused-ring (bicyclic) bond motifs is 2. The first-order valence-corrected chi connectivity index (χ1v) is 11.4.